The minimum atomic E-state index is -3.17. The molecule has 3 aliphatic heterocycles. The largest absolute Gasteiger partial charge is 0.494 e. The highest BCUT2D eigenvalue weighted by atomic mass is 32.1. The third kappa shape index (κ3) is 8.56. The summed E-state index contributed by atoms with van der Waals surface area (Å²) in [6, 6.07) is 11.8. The van der Waals surface area contributed by atoms with E-state index in [1.54, 1.807) is 35.6 Å². The van der Waals surface area contributed by atoms with Crippen LogP contribution in [0.15, 0.2) is 48.5 Å². The smallest absolute Gasteiger partial charge is 0.287 e. The average molecular weight is 828 g/mol. The molecule has 2 saturated heterocycles. The molecule has 5 amide bonds. The summed E-state index contributed by atoms with van der Waals surface area (Å²) in [5, 5.41) is 9.49. The highest BCUT2D eigenvalue weighted by Crippen LogP contribution is 2.42. The van der Waals surface area contributed by atoms with Gasteiger partial charge in [-0.1, -0.05) is 12.1 Å². The van der Waals surface area contributed by atoms with Crippen molar-refractivity contribution in [1.29, 1.82) is 0 Å². The number of nitrogens with zero attached hydrogens (tertiary/aromatic N) is 4. The number of benzene rings is 2. The van der Waals surface area contributed by atoms with Crippen molar-refractivity contribution in [2.24, 2.45) is 11.8 Å². The van der Waals surface area contributed by atoms with Crippen LogP contribution >= 0.6 is 11.3 Å². The summed E-state index contributed by atoms with van der Waals surface area (Å²) in [5.74, 6) is -3.84. The number of aromatic nitrogens is 2. The van der Waals surface area contributed by atoms with E-state index in [9.17, 15) is 32.8 Å². The molecular weight excluding hydrogens is 781 g/mol. The van der Waals surface area contributed by atoms with E-state index >= 15 is 0 Å². The Morgan fingerprint density at radius 1 is 0.932 bits per heavy atom. The maximum absolute atomic E-state index is 13.8. The molecular formula is C43H47F2N7O6S. The fourth-order valence-corrected chi connectivity index (χ4v) is 10.1. The molecule has 1 atom stereocenters. The van der Waals surface area contributed by atoms with E-state index in [4.69, 9.17) is 9.72 Å². The van der Waals surface area contributed by atoms with Crippen molar-refractivity contribution in [2.45, 2.75) is 82.6 Å². The zero-order valence-corrected chi connectivity index (χ0v) is 33.8. The number of carbonyl (C=O) groups excluding carboxylic acids is 5. The molecule has 1 saturated carbocycles. The number of piperidine rings is 2. The Morgan fingerprint density at radius 2 is 1.69 bits per heavy atom. The number of imide groups is 2. The summed E-state index contributed by atoms with van der Waals surface area (Å²) in [7, 11) is 1.51. The van der Waals surface area contributed by atoms with Crippen LogP contribution in [0.25, 0.3) is 10.2 Å². The van der Waals surface area contributed by atoms with Gasteiger partial charge in [-0.3, -0.25) is 34.2 Å². The number of hydrogen-bond donors (Lipinski definition) is 3. The highest BCUT2D eigenvalue weighted by Gasteiger charge is 2.45. The Bertz CT molecular complexity index is 2300. The van der Waals surface area contributed by atoms with Crippen LogP contribution in [0.2, 0.25) is 0 Å². The van der Waals surface area contributed by atoms with Crippen molar-refractivity contribution in [1.82, 2.24) is 25.1 Å². The van der Waals surface area contributed by atoms with E-state index in [0.717, 1.165) is 91.6 Å². The van der Waals surface area contributed by atoms with Crippen LogP contribution in [-0.2, 0) is 15.5 Å². The molecule has 0 radical (unpaired) electrons. The Kier molecular flexibility index (Phi) is 11.5. The lowest BCUT2D eigenvalue weighted by Gasteiger charge is -2.36. The molecule has 4 aromatic rings. The third-order valence-electron chi connectivity index (χ3n) is 12.2. The summed E-state index contributed by atoms with van der Waals surface area (Å²) in [6.07, 6.45) is 7.70. The van der Waals surface area contributed by atoms with Crippen LogP contribution in [0, 0.1) is 11.8 Å². The minimum Gasteiger partial charge on any atom is -0.494 e. The molecule has 8 rings (SSSR count). The van der Waals surface area contributed by atoms with Gasteiger partial charge in [-0.2, -0.15) is 8.78 Å². The van der Waals surface area contributed by atoms with E-state index in [1.807, 2.05) is 6.07 Å². The number of methoxy groups -OCH3 is 1. The van der Waals surface area contributed by atoms with Gasteiger partial charge in [0.2, 0.25) is 11.8 Å². The van der Waals surface area contributed by atoms with E-state index in [1.165, 1.54) is 25.3 Å². The van der Waals surface area contributed by atoms with Gasteiger partial charge in [-0.05, 0) is 107 Å². The molecule has 2 aromatic heterocycles. The molecule has 16 heteroatoms. The lowest BCUT2D eigenvalue weighted by molar-refractivity contribution is -0.136. The quantitative estimate of drug-likeness (QED) is 0.127. The molecule has 0 bridgehead atoms. The Labute approximate surface area is 344 Å². The predicted molar refractivity (Wildman–Crippen MR) is 218 cm³/mol. The predicted octanol–water partition coefficient (Wildman–Crippen LogP) is 6.95. The SMILES string of the molecule is COc1cc2nc([C@H]3CC[C@H](CN4CCC(CCNc5cccc6c5C(=O)N(C5CCC(=O)NC5=O)C6=O)CC4)CC3)sc2cc1NC(=O)c1cccc(C(C)(F)F)n1. The maximum Gasteiger partial charge on any atom is 0.287 e. The van der Waals surface area contributed by atoms with Crippen LogP contribution in [0.5, 0.6) is 5.75 Å². The van der Waals surface area contributed by atoms with Crippen LogP contribution in [0.3, 0.4) is 0 Å². The first-order chi connectivity index (χ1) is 28.4. The minimum absolute atomic E-state index is 0.0809. The summed E-state index contributed by atoms with van der Waals surface area (Å²) < 4.78 is 34.1. The number of thiazole rings is 1. The van der Waals surface area contributed by atoms with Crippen molar-refractivity contribution in [3.05, 3.63) is 76.1 Å². The van der Waals surface area contributed by atoms with Gasteiger partial charge in [-0.15, -0.1) is 11.3 Å². The fourth-order valence-electron chi connectivity index (χ4n) is 8.89. The lowest BCUT2D eigenvalue weighted by Crippen LogP contribution is -2.54. The van der Waals surface area contributed by atoms with Crippen LogP contribution < -0.4 is 20.7 Å². The first kappa shape index (κ1) is 40.4. The first-order valence-electron chi connectivity index (χ1n) is 20.3. The van der Waals surface area contributed by atoms with Crippen molar-refractivity contribution in [2.75, 3.05) is 43.9 Å². The Balaban J connectivity index is 0.793. The molecule has 1 unspecified atom stereocenters. The van der Waals surface area contributed by atoms with Gasteiger partial charge in [-0.25, -0.2) is 9.97 Å². The van der Waals surface area contributed by atoms with Crippen molar-refractivity contribution < 1.29 is 37.5 Å². The molecule has 4 aliphatic rings. The zero-order valence-electron chi connectivity index (χ0n) is 33.0. The van der Waals surface area contributed by atoms with Crippen molar-refractivity contribution >= 4 is 62.5 Å². The van der Waals surface area contributed by atoms with Gasteiger partial charge in [0.05, 0.1) is 39.1 Å². The zero-order chi connectivity index (χ0) is 41.4. The number of ether oxygens (including phenoxy) is 1. The van der Waals surface area contributed by atoms with Crippen LogP contribution in [-0.4, -0.2) is 88.6 Å². The molecule has 3 N–H and O–H groups in total. The van der Waals surface area contributed by atoms with Gasteiger partial charge in [0, 0.05) is 44.1 Å². The average Bonchev–Trinajstić information content (AvgIpc) is 3.75. The molecule has 1 aliphatic carbocycles. The molecule has 2 aromatic carbocycles. The first-order valence-corrected chi connectivity index (χ1v) is 21.1. The van der Waals surface area contributed by atoms with Crippen LogP contribution in [0.1, 0.15) is 113 Å². The van der Waals surface area contributed by atoms with Gasteiger partial charge in [0.15, 0.2) is 0 Å². The van der Waals surface area contributed by atoms with Gasteiger partial charge in [0.25, 0.3) is 23.6 Å². The maximum atomic E-state index is 13.8. The second kappa shape index (κ2) is 16.7. The fraction of sp³-hybridized carbons (Fsp3) is 0.465. The number of nitrogens with one attached hydrogen (secondary N) is 3. The van der Waals surface area contributed by atoms with E-state index in [-0.39, 0.29) is 29.7 Å². The molecule has 5 heterocycles. The number of rotatable bonds is 12. The molecule has 13 nitrogen and oxygen atoms in total. The van der Waals surface area contributed by atoms with Gasteiger partial charge >= 0.3 is 0 Å². The van der Waals surface area contributed by atoms with Gasteiger partial charge in [0.1, 0.15) is 23.2 Å². The monoisotopic (exact) mass is 827 g/mol. The van der Waals surface area contributed by atoms with E-state index < -0.39 is 47.2 Å². The normalized spacial score (nSPS) is 21.8. The number of amides is 5. The summed E-state index contributed by atoms with van der Waals surface area (Å²) in [6.45, 7) is 4.58. The Morgan fingerprint density at radius 3 is 2.42 bits per heavy atom. The van der Waals surface area contributed by atoms with E-state index in [2.05, 4.69) is 25.8 Å². The lowest BCUT2D eigenvalue weighted by atomic mass is 9.81. The number of anilines is 2. The molecule has 310 valence electrons. The van der Waals surface area contributed by atoms with Crippen LogP contribution in [0.4, 0.5) is 20.2 Å². The summed E-state index contributed by atoms with van der Waals surface area (Å²) in [5.41, 5.74) is 1.79. The Hall–Kier alpha value is -5.35. The topological polar surface area (TPSA) is 163 Å². The van der Waals surface area contributed by atoms with E-state index in [0.29, 0.717) is 41.4 Å². The standard InChI is InChI=1S/C43H47F2N7O6S/c1-43(44,45)35-8-4-7-29(47-35)38(54)48-30-22-34-31(21-33(30)58-2)49-40(59-34)26-11-9-25(10-12-26)23-51-19-16-24(17-20-51)15-18-46-28-6-3-5-27-37(28)42(57)52(41(27)56)32-13-14-36(53)50-39(32)55/h3-8,21-22,24-26,32,46H,9-20,23H2,1-2H3,(H,48,54)(H,50,53,55)/t25-,26-,32?. The van der Waals surface area contributed by atoms with Crippen molar-refractivity contribution in [3.8, 4) is 5.75 Å². The summed E-state index contributed by atoms with van der Waals surface area (Å²) >= 11 is 1.61. The third-order valence-corrected chi connectivity index (χ3v) is 13.3. The second-order valence-corrected chi connectivity index (χ2v) is 17.2. The second-order valence-electron chi connectivity index (χ2n) is 16.2. The molecule has 59 heavy (non-hydrogen) atoms. The van der Waals surface area contributed by atoms with Crippen molar-refractivity contribution in [3.63, 3.8) is 0 Å². The number of likely N-dealkylation sites (tertiary alicyclic amines) is 1. The summed E-state index contributed by atoms with van der Waals surface area (Å²) in [4.78, 5) is 76.2. The number of fused-ring (bicyclic) bond motifs is 2. The molecule has 3 fully saturated rings. The number of hydrogen-bond acceptors (Lipinski definition) is 11. The number of carbonyl (C=O) groups is 5. The number of pyridine rings is 1. The molecule has 0 spiro atoms. The number of alkyl halides is 2. The highest BCUT2D eigenvalue weighted by molar-refractivity contribution is 7.18. The van der Waals surface area contributed by atoms with Gasteiger partial charge < -0.3 is 20.3 Å². The number of halogens is 2.